The van der Waals surface area contributed by atoms with Crippen LogP contribution < -0.4 is 5.32 Å². The number of aromatic nitrogens is 1. The van der Waals surface area contributed by atoms with Crippen LogP contribution in [0.15, 0.2) is 63.2 Å². The number of carboxylic acids is 1. The number of carbonyl (C=O) groups excluding carboxylic acids is 2. The molecule has 8 nitrogen and oxygen atoms in total. The molecule has 0 unspecified atom stereocenters. The van der Waals surface area contributed by atoms with Gasteiger partial charge in [0.15, 0.2) is 5.76 Å². The van der Waals surface area contributed by atoms with Gasteiger partial charge in [-0.2, -0.15) is 0 Å². The predicted molar refractivity (Wildman–Crippen MR) is 117 cm³/mol. The molecule has 0 bridgehead atoms. The van der Waals surface area contributed by atoms with Crippen molar-refractivity contribution in [3.63, 3.8) is 0 Å². The van der Waals surface area contributed by atoms with Crippen LogP contribution in [0, 0.1) is 6.92 Å². The number of carbonyl (C=O) groups is 3. The fourth-order valence-corrected chi connectivity index (χ4v) is 5.35. The molecule has 1 aromatic carbocycles. The second-order valence-electron chi connectivity index (χ2n) is 6.94. The second-order valence-corrected chi connectivity index (χ2v) is 9.09. The summed E-state index contributed by atoms with van der Waals surface area (Å²) >= 11 is 2.79. The van der Waals surface area contributed by atoms with Crippen molar-refractivity contribution in [2.24, 2.45) is 0 Å². The van der Waals surface area contributed by atoms with Crippen molar-refractivity contribution >= 4 is 47.4 Å². The molecule has 2 aliphatic rings. The zero-order valence-corrected chi connectivity index (χ0v) is 18.1. The van der Waals surface area contributed by atoms with Crippen molar-refractivity contribution in [1.82, 2.24) is 15.4 Å². The third kappa shape index (κ3) is 4.54. The highest BCUT2D eigenvalue weighted by Gasteiger charge is 2.53. The lowest BCUT2D eigenvalue weighted by molar-refractivity contribution is -0.150. The van der Waals surface area contributed by atoms with Crippen LogP contribution >= 0.6 is 23.5 Å². The molecule has 3 heterocycles. The number of amides is 2. The number of aryl methyl sites for hydroxylation is 1. The number of hydrogen-bond acceptors (Lipinski definition) is 7. The van der Waals surface area contributed by atoms with Gasteiger partial charge in [-0.3, -0.25) is 14.5 Å². The molecule has 1 fully saturated rings. The van der Waals surface area contributed by atoms with Gasteiger partial charge in [0.1, 0.15) is 17.1 Å². The minimum absolute atomic E-state index is 0.0644. The Kier molecular flexibility index (Phi) is 6.19. The molecule has 4 rings (SSSR count). The lowest BCUT2D eigenvalue weighted by Crippen LogP contribution is -2.70. The van der Waals surface area contributed by atoms with Crippen LogP contribution in [0.4, 0.5) is 0 Å². The molecule has 2 aromatic rings. The standard InChI is InChI=1S/C21H19N3O5S2/c1-12-9-14(29-23-12)8-7-13-10-31-20-17(19(26)24(20)18(13)21(27)28)22-16(25)11-30-15-5-3-2-4-6-15/h2-9,17,20H,10-11H2,1H3,(H,22,25)(H,27,28)/b8-7+/t17-,20-/m1/s1. The number of benzene rings is 1. The molecule has 2 N–H and O–H groups in total. The molecule has 2 aliphatic heterocycles. The fourth-order valence-electron chi connectivity index (χ4n) is 3.30. The number of allylic oxidation sites excluding steroid dienone is 1. The predicted octanol–water partition coefficient (Wildman–Crippen LogP) is 2.53. The smallest absolute Gasteiger partial charge is 0.352 e. The summed E-state index contributed by atoms with van der Waals surface area (Å²) in [5, 5.41) is 15.8. The van der Waals surface area contributed by atoms with Crippen LogP contribution in [-0.2, 0) is 14.4 Å². The third-order valence-electron chi connectivity index (χ3n) is 4.72. The number of nitrogens with one attached hydrogen (secondary N) is 1. The summed E-state index contributed by atoms with van der Waals surface area (Å²) in [7, 11) is 0. The highest BCUT2D eigenvalue weighted by atomic mass is 32.2. The summed E-state index contributed by atoms with van der Waals surface area (Å²) in [5.74, 6) is -0.800. The molecule has 0 radical (unpaired) electrons. The van der Waals surface area contributed by atoms with Crippen molar-refractivity contribution in [3.05, 3.63) is 65.2 Å². The van der Waals surface area contributed by atoms with Gasteiger partial charge < -0.3 is 14.9 Å². The summed E-state index contributed by atoms with van der Waals surface area (Å²) in [5.41, 5.74) is 1.15. The molecule has 0 spiro atoms. The van der Waals surface area contributed by atoms with Crippen LogP contribution in [0.5, 0.6) is 0 Å². The Bertz CT molecular complexity index is 1080. The monoisotopic (exact) mass is 457 g/mol. The Labute approximate surface area is 186 Å². The maximum Gasteiger partial charge on any atom is 0.352 e. The van der Waals surface area contributed by atoms with E-state index in [1.54, 1.807) is 25.1 Å². The fraction of sp³-hybridized carbons (Fsp3) is 0.238. The van der Waals surface area contributed by atoms with E-state index in [2.05, 4.69) is 10.5 Å². The van der Waals surface area contributed by atoms with Gasteiger partial charge in [-0.1, -0.05) is 29.4 Å². The first-order chi connectivity index (χ1) is 14.9. The van der Waals surface area contributed by atoms with E-state index >= 15 is 0 Å². The highest BCUT2D eigenvalue weighted by molar-refractivity contribution is 8.00. The first-order valence-corrected chi connectivity index (χ1v) is 11.5. The molecule has 0 saturated carbocycles. The first-order valence-electron chi connectivity index (χ1n) is 9.44. The Balaban J connectivity index is 1.42. The number of fused-ring (bicyclic) bond motifs is 1. The van der Waals surface area contributed by atoms with Crippen molar-refractivity contribution in [3.8, 4) is 0 Å². The first kappa shape index (κ1) is 21.3. The van der Waals surface area contributed by atoms with Crippen molar-refractivity contribution in [2.75, 3.05) is 11.5 Å². The maximum atomic E-state index is 12.7. The normalized spacial score (nSPS) is 20.5. The molecule has 31 heavy (non-hydrogen) atoms. The number of rotatable bonds is 7. The van der Waals surface area contributed by atoms with E-state index in [0.717, 1.165) is 4.90 Å². The van der Waals surface area contributed by atoms with E-state index in [0.29, 0.717) is 22.8 Å². The van der Waals surface area contributed by atoms with Crippen molar-refractivity contribution in [1.29, 1.82) is 0 Å². The van der Waals surface area contributed by atoms with E-state index in [1.165, 1.54) is 28.4 Å². The molecule has 0 aliphatic carbocycles. The zero-order chi connectivity index (χ0) is 22.0. The average molecular weight is 458 g/mol. The molecular weight excluding hydrogens is 438 g/mol. The second kappa shape index (κ2) is 9.03. The zero-order valence-electron chi connectivity index (χ0n) is 16.5. The highest BCUT2D eigenvalue weighted by Crippen LogP contribution is 2.40. The van der Waals surface area contributed by atoms with E-state index in [-0.39, 0.29) is 17.4 Å². The molecule has 2 amide bonds. The van der Waals surface area contributed by atoms with Gasteiger partial charge >= 0.3 is 5.97 Å². The van der Waals surface area contributed by atoms with Crippen LogP contribution in [0.25, 0.3) is 6.08 Å². The van der Waals surface area contributed by atoms with E-state index < -0.39 is 23.3 Å². The van der Waals surface area contributed by atoms with Gasteiger partial charge in [0.25, 0.3) is 5.91 Å². The summed E-state index contributed by atoms with van der Waals surface area (Å²) in [6.07, 6.45) is 3.26. The Morgan fingerprint density at radius 1 is 1.35 bits per heavy atom. The van der Waals surface area contributed by atoms with Gasteiger partial charge in [-0.05, 0) is 30.7 Å². The number of nitrogens with zero attached hydrogens (tertiary/aromatic N) is 2. The average Bonchev–Trinajstić information content (AvgIpc) is 3.19. The summed E-state index contributed by atoms with van der Waals surface area (Å²) in [6, 6.07) is 10.5. The van der Waals surface area contributed by atoms with Gasteiger partial charge in [0, 0.05) is 16.7 Å². The maximum absolute atomic E-state index is 12.7. The summed E-state index contributed by atoms with van der Waals surface area (Å²) < 4.78 is 5.11. The largest absolute Gasteiger partial charge is 0.477 e. The van der Waals surface area contributed by atoms with Crippen LogP contribution in [0.1, 0.15) is 11.5 Å². The Morgan fingerprint density at radius 3 is 2.81 bits per heavy atom. The van der Waals surface area contributed by atoms with Gasteiger partial charge in [0.2, 0.25) is 5.91 Å². The van der Waals surface area contributed by atoms with Crippen LogP contribution in [-0.4, -0.2) is 55.9 Å². The van der Waals surface area contributed by atoms with E-state index in [4.69, 9.17) is 4.52 Å². The molecular formula is C21H19N3O5S2. The molecule has 160 valence electrons. The number of β-lactam (4-membered cyclic amide) rings is 1. The van der Waals surface area contributed by atoms with Gasteiger partial charge in [-0.15, -0.1) is 23.5 Å². The van der Waals surface area contributed by atoms with E-state index in [9.17, 15) is 19.5 Å². The third-order valence-corrected chi connectivity index (χ3v) is 7.04. The number of aliphatic carboxylic acids is 1. The SMILES string of the molecule is Cc1cc(/C=C/C2=C(C(=O)O)N3C(=O)[C@@H](NC(=O)CSc4ccccc4)[C@H]3SC2)on1. The van der Waals surface area contributed by atoms with Crippen molar-refractivity contribution in [2.45, 2.75) is 23.2 Å². The lowest BCUT2D eigenvalue weighted by Gasteiger charge is -2.49. The summed E-state index contributed by atoms with van der Waals surface area (Å²) in [4.78, 5) is 39.1. The minimum atomic E-state index is -1.18. The number of thioether (sulfide) groups is 2. The van der Waals surface area contributed by atoms with E-state index in [1.807, 2.05) is 30.3 Å². The Morgan fingerprint density at radius 2 is 2.13 bits per heavy atom. The number of carboxylic acid groups (broad SMARTS) is 1. The minimum Gasteiger partial charge on any atom is -0.477 e. The Hall–Kier alpha value is -2.98. The topological polar surface area (TPSA) is 113 Å². The molecule has 1 saturated heterocycles. The molecule has 2 atom stereocenters. The van der Waals surface area contributed by atoms with Crippen molar-refractivity contribution < 1.29 is 24.0 Å². The van der Waals surface area contributed by atoms with Gasteiger partial charge in [0.05, 0.1) is 11.4 Å². The summed E-state index contributed by atoms with van der Waals surface area (Å²) in [6.45, 7) is 1.79. The molecule has 1 aromatic heterocycles. The van der Waals surface area contributed by atoms with Gasteiger partial charge in [-0.25, -0.2) is 4.79 Å². The molecule has 10 heteroatoms. The quantitative estimate of drug-likeness (QED) is 0.482. The van der Waals surface area contributed by atoms with Crippen LogP contribution in [0.2, 0.25) is 0 Å². The lowest BCUT2D eigenvalue weighted by atomic mass is 10.0. The number of hydrogen-bond donors (Lipinski definition) is 2. The van der Waals surface area contributed by atoms with Crippen LogP contribution in [0.3, 0.4) is 0 Å².